The van der Waals surface area contributed by atoms with Crippen molar-refractivity contribution in [2.24, 2.45) is 10.6 Å². The molecule has 0 aromatic carbocycles. The highest BCUT2D eigenvalue weighted by atomic mass is 16.5. The lowest BCUT2D eigenvalue weighted by Crippen LogP contribution is -2.32. The summed E-state index contributed by atoms with van der Waals surface area (Å²) in [4.78, 5) is 3.93. The molecule has 0 aliphatic heterocycles. The van der Waals surface area contributed by atoms with Gasteiger partial charge in [0, 0.05) is 24.9 Å². The van der Waals surface area contributed by atoms with Crippen molar-refractivity contribution in [3.8, 4) is 0 Å². The molecule has 1 rings (SSSR count). The zero-order valence-corrected chi connectivity index (χ0v) is 9.34. The van der Waals surface area contributed by atoms with E-state index in [1.165, 1.54) is 0 Å². The van der Waals surface area contributed by atoms with Crippen molar-refractivity contribution in [1.82, 2.24) is 9.55 Å². The van der Waals surface area contributed by atoms with Crippen LogP contribution in [0.25, 0.3) is 0 Å². The predicted molar refractivity (Wildman–Crippen MR) is 57.1 cm³/mol. The minimum Gasteiger partial charge on any atom is -0.411 e. The Bertz CT molecular complexity index is 317. The highest BCUT2D eigenvalue weighted by Gasteiger charge is 2.25. The van der Waals surface area contributed by atoms with Crippen LogP contribution in [-0.2, 0) is 11.3 Å². The van der Waals surface area contributed by atoms with Crippen LogP contribution in [0.2, 0.25) is 0 Å². The second-order valence-electron chi connectivity index (χ2n) is 4.10. The highest BCUT2D eigenvalue weighted by molar-refractivity contribution is 5.89. The Balaban J connectivity index is 2.72. The smallest absolute Gasteiger partial charge is 0.0949 e. The number of ether oxygens (including phenoxy) is 1. The summed E-state index contributed by atoms with van der Waals surface area (Å²) in [6.45, 7) is 4.99. The molecule has 0 unspecified atom stereocenters. The summed E-state index contributed by atoms with van der Waals surface area (Å²) in [6.07, 6.45) is 5.21. The van der Waals surface area contributed by atoms with Crippen LogP contribution >= 0.6 is 0 Å². The van der Waals surface area contributed by atoms with Crippen molar-refractivity contribution in [2.75, 3.05) is 13.7 Å². The topological polar surface area (TPSA) is 59.6 Å². The number of methoxy groups -OCH3 is 1. The van der Waals surface area contributed by atoms with Crippen molar-refractivity contribution in [3.63, 3.8) is 0 Å². The van der Waals surface area contributed by atoms with Gasteiger partial charge >= 0.3 is 0 Å². The third-order valence-electron chi connectivity index (χ3n) is 2.30. The molecule has 15 heavy (non-hydrogen) atoms. The van der Waals surface area contributed by atoms with Gasteiger partial charge in [0.05, 0.1) is 25.2 Å². The monoisotopic (exact) mass is 211 g/mol. The Hall–Kier alpha value is -1.36. The number of imidazole rings is 1. The zero-order valence-electron chi connectivity index (χ0n) is 9.34. The number of hydrogen-bond donors (Lipinski definition) is 1. The summed E-state index contributed by atoms with van der Waals surface area (Å²) < 4.78 is 6.95. The van der Waals surface area contributed by atoms with E-state index in [4.69, 9.17) is 9.94 Å². The van der Waals surface area contributed by atoms with Crippen molar-refractivity contribution in [2.45, 2.75) is 20.4 Å². The fourth-order valence-corrected chi connectivity index (χ4v) is 1.38. The van der Waals surface area contributed by atoms with Gasteiger partial charge in [-0.1, -0.05) is 19.0 Å². The van der Waals surface area contributed by atoms with Crippen LogP contribution in [0.15, 0.2) is 23.9 Å². The van der Waals surface area contributed by atoms with E-state index in [0.29, 0.717) is 18.9 Å². The minimum atomic E-state index is -0.284. The largest absolute Gasteiger partial charge is 0.411 e. The Morgan fingerprint density at radius 3 is 2.80 bits per heavy atom. The first kappa shape index (κ1) is 11.7. The van der Waals surface area contributed by atoms with Crippen molar-refractivity contribution < 1.29 is 9.94 Å². The summed E-state index contributed by atoms with van der Waals surface area (Å²) in [7, 11) is 1.63. The van der Waals surface area contributed by atoms with Crippen LogP contribution in [0.5, 0.6) is 0 Å². The van der Waals surface area contributed by atoms with Gasteiger partial charge in [-0.25, -0.2) is 4.98 Å². The summed E-state index contributed by atoms with van der Waals surface area (Å²) in [5, 5.41) is 12.3. The Labute approximate surface area is 89.4 Å². The average Bonchev–Trinajstić information content (AvgIpc) is 2.66. The molecule has 1 aromatic heterocycles. The predicted octanol–water partition coefficient (Wildman–Crippen LogP) is 1.39. The van der Waals surface area contributed by atoms with Crippen LogP contribution < -0.4 is 0 Å². The minimum absolute atomic E-state index is 0.284. The number of hydrogen-bond acceptors (Lipinski definition) is 4. The van der Waals surface area contributed by atoms with Gasteiger partial charge in [-0.05, 0) is 0 Å². The van der Waals surface area contributed by atoms with Crippen LogP contribution in [0.1, 0.15) is 13.8 Å². The lowest BCUT2D eigenvalue weighted by Gasteiger charge is -2.24. The molecule has 0 spiro atoms. The van der Waals surface area contributed by atoms with Crippen molar-refractivity contribution in [3.05, 3.63) is 18.7 Å². The standard InChI is InChI=1S/C10H17N3O2/c1-10(2,7-15-3)9(12-14)6-13-5-4-11-8-13/h4-5,8,14H,6-7H2,1-3H3. The molecule has 1 heterocycles. The van der Waals surface area contributed by atoms with E-state index in [9.17, 15) is 0 Å². The summed E-state index contributed by atoms with van der Waals surface area (Å²) in [5.41, 5.74) is 0.385. The molecule has 1 aromatic rings. The maximum atomic E-state index is 8.99. The van der Waals surface area contributed by atoms with E-state index in [-0.39, 0.29) is 5.41 Å². The van der Waals surface area contributed by atoms with Gasteiger partial charge in [0.2, 0.25) is 0 Å². The molecule has 5 heteroatoms. The maximum absolute atomic E-state index is 8.99. The lowest BCUT2D eigenvalue weighted by atomic mass is 9.88. The number of oxime groups is 1. The molecule has 5 nitrogen and oxygen atoms in total. The zero-order chi connectivity index (χ0) is 11.3. The normalized spacial score (nSPS) is 13.1. The first-order chi connectivity index (χ1) is 7.10. The van der Waals surface area contributed by atoms with E-state index in [1.807, 2.05) is 24.6 Å². The Morgan fingerprint density at radius 2 is 2.33 bits per heavy atom. The fourth-order valence-electron chi connectivity index (χ4n) is 1.38. The first-order valence-corrected chi connectivity index (χ1v) is 4.76. The molecule has 0 fully saturated rings. The lowest BCUT2D eigenvalue weighted by molar-refractivity contribution is 0.138. The third kappa shape index (κ3) is 3.06. The van der Waals surface area contributed by atoms with Crippen molar-refractivity contribution in [1.29, 1.82) is 0 Å². The van der Waals surface area contributed by atoms with Gasteiger partial charge in [-0.2, -0.15) is 0 Å². The average molecular weight is 211 g/mol. The highest BCUT2D eigenvalue weighted by Crippen LogP contribution is 2.19. The van der Waals surface area contributed by atoms with Gasteiger partial charge in [0.1, 0.15) is 0 Å². The summed E-state index contributed by atoms with van der Waals surface area (Å²) in [6, 6.07) is 0. The number of aromatic nitrogens is 2. The molecule has 0 bridgehead atoms. The van der Waals surface area contributed by atoms with E-state index < -0.39 is 0 Å². The maximum Gasteiger partial charge on any atom is 0.0949 e. The van der Waals surface area contributed by atoms with Crippen molar-refractivity contribution >= 4 is 5.71 Å². The van der Waals surface area contributed by atoms with Crippen LogP contribution in [0.3, 0.4) is 0 Å². The van der Waals surface area contributed by atoms with Gasteiger partial charge in [0.25, 0.3) is 0 Å². The molecular weight excluding hydrogens is 194 g/mol. The van der Waals surface area contributed by atoms with E-state index >= 15 is 0 Å². The van der Waals surface area contributed by atoms with E-state index in [1.54, 1.807) is 19.6 Å². The fraction of sp³-hybridized carbons (Fsp3) is 0.600. The summed E-state index contributed by atoms with van der Waals surface area (Å²) >= 11 is 0. The van der Waals surface area contributed by atoms with Crippen LogP contribution in [0.4, 0.5) is 0 Å². The second kappa shape index (κ2) is 4.93. The molecule has 0 saturated carbocycles. The van der Waals surface area contributed by atoms with E-state index in [2.05, 4.69) is 10.1 Å². The Kier molecular flexibility index (Phi) is 3.85. The van der Waals surface area contributed by atoms with Crippen LogP contribution in [0, 0.1) is 5.41 Å². The molecule has 1 N–H and O–H groups in total. The molecule has 0 saturated heterocycles. The van der Waals surface area contributed by atoms with E-state index in [0.717, 1.165) is 0 Å². The molecule has 0 atom stereocenters. The number of nitrogens with zero attached hydrogens (tertiary/aromatic N) is 3. The molecular formula is C10H17N3O2. The molecule has 0 aliphatic carbocycles. The third-order valence-corrected chi connectivity index (χ3v) is 2.30. The molecule has 0 radical (unpaired) electrons. The Morgan fingerprint density at radius 1 is 1.60 bits per heavy atom. The van der Waals surface area contributed by atoms with Gasteiger partial charge in [0.15, 0.2) is 0 Å². The second-order valence-corrected chi connectivity index (χ2v) is 4.10. The molecule has 0 aliphatic rings. The molecule has 84 valence electrons. The number of rotatable bonds is 5. The first-order valence-electron chi connectivity index (χ1n) is 4.76. The SMILES string of the molecule is COCC(C)(C)C(Cn1ccnc1)=NO. The van der Waals surface area contributed by atoms with Gasteiger partial charge < -0.3 is 14.5 Å². The van der Waals surface area contributed by atoms with Gasteiger partial charge in [-0.15, -0.1) is 0 Å². The van der Waals surface area contributed by atoms with Crippen LogP contribution in [-0.4, -0.2) is 34.2 Å². The van der Waals surface area contributed by atoms with Gasteiger partial charge in [-0.3, -0.25) is 0 Å². The quantitative estimate of drug-likeness (QED) is 0.455. The summed E-state index contributed by atoms with van der Waals surface area (Å²) in [5.74, 6) is 0. The molecule has 0 amide bonds.